The van der Waals surface area contributed by atoms with E-state index < -0.39 is 17.8 Å². The van der Waals surface area contributed by atoms with Crippen LogP contribution in [0.2, 0.25) is 0 Å². The van der Waals surface area contributed by atoms with E-state index in [2.05, 4.69) is 37.8 Å². The Morgan fingerprint density at radius 2 is 1.71 bits per heavy atom. The lowest BCUT2D eigenvalue weighted by molar-refractivity contribution is -0.137. The van der Waals surface area contributed by atoms with Crippen LogP contribution in [0.15, 0.2) is 84.6 Å². The number of halogens is 3. The lowest BCUT2D eigenvalue weighted by Gasteiger charge is -2.11. The lowest BCUT2D eigenvalue weighted by atomic mass is 10.0. The highest BCUT2D eigenvalue weighted by molar-refractivity contribution is 7.18. The number of rotatable bonds is 5. The van der Waals surface area contributed by atoms with Crippen LogP contribution in [0, 0.1) is 11.8 Å². The van der Waals surface area contributed by atoms with Crippen molar-refractivity contribution in [3.63, 3.8) is 0 Å². The number of fused-ring (bicyclic) bond motifs is 1. The van der Waals surface area contributed by atoms with Gasteiger partial charge < -0.3 is 21.7 Å². The zero-order valence-corrected chi connectivity index (χ0v) is 22.4. The Bertz CT molecular complexity index is 1830. The number of nitrogen functional groups attached to an aromatic ring is 1. The van der Waals surface area contributed by atoms with Gasteiger partial charge in [-0.3, -0.25) is 9.78 Å². The second-order valence-corrected chi connectivity index (χ2v) is 9.75. The van der Waals surface area contributed by atoms with E-state index in [0.717, 1.165) is 33.3 Å². The number of carbonyl (C=O) groups is 2. The number of anilines is 3. The molecule has 0 saturated heterocycles. The molecule has 0 radical (unpaired) electrons. The topological polar surface area (TPSA) is 122 Å². The SMILES string of the molecule is Nc1ncc(C#CCNC(=O)c2ccncc2)c2scc(-c3ccc(NC(=O)Nc4cccc(C(F)(F)F)c4)cc3)c12. The van der Waals surface area contributed by atoms with Crippen molar-refractivity contribution in [3.8, 4) is 23.0 Å². The van der Waals surface area contributed by atoms with Crippen LogP contribution < -0.4 is 21.7 Å². The van der Waals surface area contributed by atoms with Crippen LogP contribution in [0.1, 0.15) is 21.5 Å². The monoisotopic (exact) mass is 586 g/mol. The largest absolute Gasteiger partial charge is 0.416 e. The highest BCUT2D eigenvalue weighted by Gasteiger charge is 2.30. The van der Waals surface area contributed by atoms with E-state index in [1.807, 2.05) is 5.38 Å². The van der Waals surface area contributed by atoms with Crippen molar-refractivity contribution < 1.29 is 22.8 Å². The molecule has 0 bridgehead atoms. The summed E-state index contributed by atoms with van der Waals surface area (Å²) in [6.45, 7) is 0.140. The van der Waals surface area contributed by atoms with Gasteiger partial charge in [-0.15, -0.1) is 11.3 Å². The normalized spacial score (nSPS) is 10.9. The molecule has 0 aliphatic heterocycles. The summed E-state index contributed by atoms with van der Waals surface area (Å²) in [5, 5.41) is 10.4. The highest BCUT2D eigenvalue weighted by atomic mass is 32.1. The summed E-state index contributed by atoms with van der Waals surface area (Å²) in [6.07, 6.45) is 0.153. The number of thiophene rings is 1. The van der Waals surface area contributed by atoms with E-state index in [1.54, 1.807) is 42.6 Å². The smallest absolute Gasteiger partial charge is 0.383 e. The molecule has 0 fully saturated rings. The molecule has 5 rings (SSSR count). The molecule has 0 atom stereocenters. The minimum atomic E-state index is -4.51. The van der Waals surface area contributed by atoms with Crippen molar-refractivity contribution in [2.75, 3.05) is 22.9 Å². The first-order valence-electron chi connectivity index (χ1n) is 12.4. The molecule has 3 aromatic heterocycles. The molecule has 0 saturated carbocycles. The highest BCUT2D eigenvalue weighted by Crippen LogP contribution is 2.38. The summed E-state index contributed by atoms with van der Waals surface area (Å²) in [5.41, 5.74) is 8.62. The number of alkyl halides is 3. The molecule has 42 heavy (non-hydrogen) atoms. The number of nitrogens with zero attached hydrogens (tertiary/aromatic N) is 2. The second-order valence-electron chi connectivity index (χ2n) is 8.87. The first kappa shape index (κ1) is 28.1. The maximum Gasteiger partial charge on any atom is 0.416 e. The lowest BCUT2D eigenvalue weighted by Crippen LogP contribution is -2.23. The van der Waals surface area contributed by atoms with Gasteiger partial charge in [-0.2, -0.15) is 13.2 Å². The molecule has 3 heterocycles. The van der Waals surface area contributed by atoms with Crippen LogP contribution in [0.4, 0.5) is 35.2 Å². The maximum absolute atomic E-state index is 12.9. The van der Waals surface area contributed by atoms with Gasteiger partial charge in [-0.05, 0) is 53.4 Å². The van der Waals surface area contributed by atoms with Crippen LogP contribution in [0.3, 0.4) is 0 Å². The molecular formula is C30H21F3N6O2S. The Morgan fingerprint density at radius 1 is 0.976 bits per heavy atom. The average Bonchev–Trinajstić information content (AvgIpc) is 3.43. The van der Waals surface area contributed by atoms with Crippen molar-refractivity contribution in [3.05, 3.63) is 101 Å². The van der Waals surface area contributed by atoms with Gasteiger partial charge in [-0.1, -0.05) is 30.0 Å². The van der Waals surface area contributed by atoms with Gasteiger partial charge in [0.15, 0.2) is 0 Å². The number of benzene rings is 2. The molecule has 0 unspecified atom stereocenters. The fourth-order valence-corrected chi connectivity index (χ4v) is 5.09. The van der Waals surface area contributed by atoms with Gasteiger partial charge in [0, 0.05) is 46.5 Å². The van der Waals surface area contributed by atoms with Gasteiger partial charge >= 0.3 is 12.2 Å². The molecule has 8 nitrogen and oxygen atoms in total. The van der Waals surface area contributed by atoms with Gasteiger partial charge in [0.05, 0.1) is 22.4 Å². The van der Waals surface area contributed by atoms with E-state index in [1.165, 1.54) is 35.9 Å². The third-order valence-corrected chi connectivity index (χ3v) is 7.04. The summed E-state index contributed by atoms with van der Waals surface area (Å²) < 4.78 is 39.7. The van der Waals surface area contributed by atoms with Crippen molar-refractivity contribution >= 4 is 50.6 Å². The van der Waals surface area contributed by atoms with Gasteiger partial charge in [0.2, 0.25) is 0 Å². The van der Waals surface area contributed by atoms with Crippen molar-refractivity contribution in [2.45, 2.75) is 6.18 Å². The van der Waals surface area contributed by atoms with Crippen LogP contribution >= 0.6 is 11.3 Å². The standard InChI is InChI=1S/C30H21F3N6O2S/c31-30(32,33)21-4-1-5-23(15-21)39-29(41)38-22-8-6-18(7-9-22)24-17-42-26-20(16-37-27(34)25(24)26)3-2-12-36-28(40)19-10-13-35-14-11-19/h1,4-11,13-17H,12H2,(H2,34,37)(H,36,40)(H2,38,39,41). The molecule has 0 spiro atoms. The summed E-state index contributed by atoms with van der Waals surface area (Å²) in [7, 11) is 0. The molecule has 210 valence electrons. The zero-order chi connectivity index (χ0) is 29.7. The molecule has 2 aromatic carbocycles. The Kier molecular flexibility index (Phi) is 8.03. The number of carbonyl (C=O) groups excluding carboxylic acids is 2. The van der Waals surface area contributed by atoms with E-state index in [4.69, 9.17) is 5.73 Å². The average molecular weight is 587 g/mol. The summed E-state index contributed by atoms with van der Waals surface area (Å²) in [6, 6.07) is 13.8. The van der Waals surface area contributed by atoms with Crippen LogP contribution in [-0.4, -0.2) is 28.5 Å². The predicted molar refractivity (Wildman–Crippen MR) is 157 cm³/mol. The minimum Gasteiger partial charge on any atom is -0.383 e. The third-order valence-electron chi connectivity index (χ3n) is 6.03. The molecule has 12 heteroatoms. The van der Waals surface area contributed by atoms with Crippen molar-refractivity contribution in [1.29, 1.82) is 0 Å². The van der Waals surface area contributed by atoms with Crippen LogP contribution in [0.25, 0.3) is 21.2 Å². The first-order chi connectivity index (χ1) is 20.2. The van der Waals surface area contributed by atoms with Crippen LogP contribution in [-0.2, 0) is 6.18 Å². The number of amides is 3. The number of nitrogens with one attached hydrogen (secondary N) is 3. The number of nitrogens with two attached hydrogens (primary N) is 1. The maximum atomic E-state index is 12.9. The molecule has 5 aromatic rings. The minimum absolute atomic E-state index is 0.0155. The zero-order valence-electron chi connectivity index (χ0n) is 21.6. The summed E-state index contributed by atoms with van der Waals surface area (Å²) >= 11 is 1.45. The van der Waals surface area contributed by atoms with Crippen LogP contribution in [0.5, 0.6) is 0 Å². The van der Waals surface area contributed by atoms with Crippen molar-refractivity contribution in [1.82, 2.24) is 15.3 Å². The molecule has 0 aliphatic rings. The van der Waals surface area contributed by atoms with Crippen molar-refractivity contribution in [2.24, 2.45) is 0 Å². The number of aromatic nitrogens is 2. The number of hydrogen-bond donors (Lipinski definition) is 4. The number of pyridine rings is 2. The van der Waals surface area contributed by atoms with Gasteiger partial charge in [0.25, 0.3) is 5.91 Å². The second kappa shape index (κ2) is 12.0. The van der Waals surface area contributed by atoms with E-state index in [-0.39, 0.29) is 18.1 Å². The summed E-state index contributed by atoms with van der Waals surface area (Å²) in [4.78, 5) is 32.7. The quantitative estimate of drug-likeness (QED) is 0.178. The summed E-state index contributed by atoms with van der Waals surface area (Å²) in [5.74, 6) is 6.07. The Hall–Kier alpha value is -5.41. The van der Waals surface area contributed by atoms with E-state index >= 15 is 0 Å². The fraction of sp³-hybridized carbons (Fsp3) is 0.0667. The number of hydrogen-bond acceptors (Lipinski definition) is 6. The molecular weight excluding hydrogens is 565 g/mol. The first-order valence-corrected chi connectivity index (χ1v) is 13.3. The van der Waals surface area contributed by atoms with E-state index in [0.29, 0.717) is 22.6 Å². The van der Waals surface area contributed by atoms with Gasteiger partial charge in [-0.25, -0.2) is 9.78 Å². The Balaban J connectivity index is 1.27. The van der Waals surface area contributed by atoms with Gasteiger partial charge in [0.1, 0.15) is 5.82 Å². The number of urea groups is 1. The Morgan fingerprint density at radius 3 is 2.45 bits per heavy atom. The molecule has 3 amide bonds. The fourth-order valence-electron chi connectivity index (χ4n) is 4.04. The molecule has 0 aliphatic carbocycles. The predicted octanol–water partition coefficient (Wildman–Crippen LogP) is 6.38. The molecule has 5 N–H and O–H groups in total. The Labute approximate surface area is 241 Å². The third kappa shape index (κ3) is 6.48. The van der Waals surface area contributed by atoms with E-state index in [9.17, 15) is 22.8 Å².